The summed E-state index contributed by atoms with van der Waals surface area (Å²) in [6.45, 7) is 12.8. The Bertz CT molecular complexity index is 158. The molecule has 0 aromatic carbocycles. The van der Waals surface area contributed by atoms with Crippen molar-refractivity contribution in [3.63, 3.8) is 0 Å². The summed E-state index contributed by atoms with van der Waals surface area (Å²) in [6.07, 6.45) is 2.02. The van der Waals surface area contributed by atoms with E-state index in [9.17, 15) is 0 Å². The Kier molecular flexibility index (Phi) is 5.73. The molecule has 0 aliphatic carbocycles. The van der Waals surface area contributed by atoms with Gasteiger partial charge in [-0.1, -0.05) is 39.8 Å². The fourth-order valence-electron chi connectivity index (χ4n) is 0.931. The molecular formula is C11H23NS. The summed E-state index contributed by atoms with van der Waals surface area (Å²) >= 11 is 1.93. The first-order chi connectivity index (χ1) is 5.85. The van der Waals surface area contributed by atoms with Crippen molar-refractivity contribution in [2.45, 2.75) is 51.3 Å². The van der Waals surface area contributed by atoms with Crippen LogP contribution in [0.4, 0.5) is 0 Å². The second kappa shape index (κ2) is 5.71. The predicted molar refractivity (Wildman–Crippen MR) is 64.2 cm³/mol. The summed E-state index contributed by atoms with van der Waals surface area (Å²) in [5.74, 6) is 1.03. The molecule has 1 unspecified atom stereocenters. The number of hydrogen-bond donors (Lipinski definition) is 1. The van der Waals surface area contributed by atoms with Crippen LogP contribution in [-0.4, -0.2) is 16.5 Å². The van der Waals surface area contributed by atoms with Gasteiger partial charge in [-0.3, -0.25) is 0 Å². The zero-order valence-corrected chi connectivity index (χ0v) is 10.2. The minimum atomic E-state index is 0.275. The molecule has 0 saturated heterocycles. The Hall–Kier alpha value is 0.0500. The minimum absolute atomic E-state index is 0.275. The molecule has 0 heterocycles. The van der Waals surface area contributed by atoms with E-state index in [0.29, 0.717) is 4.75 Å². The van der Waals surface area contributed by atoms with Crippen molar-refractivity contribution in [1.29, 1.82) is 0 Å². The Morgan fingerprint density at radius 3 is 2.38 bits per heavy atom. The van der Waals surface area contributed by atoms with E-state index in [2.05, 4.69) is 34.3 Å². The molecule has 0 rings (SSSR count). The summed E-state index contributed by atoms with van der Waals surface area (Å²) in [5, 5.41) is 0. The first-order valence-electron chi connectivity index (χ1n) is 4.91. The molecular weight excluding hydrogens is 178 g/mol. The van der Waals surface area contributed by atoms with Crippen LogP contribution >= 0.6 is 11.8 Å². The van der Waals surface area contributed by atoms with Crippen molar-refractivity contribution >= 4 is 11.8 Å². The van der Waals surface area contributed by atoms with Crippen LogP contribution in [0.1, 0.15) is 40.5 Å². The van der Waals surface area contributed by atoms with Crippen molar-refractivity contribution in [2.24, 2.45) is 5.73 Å². The Morgan fingerprint density at radius 2 is 2.00 bits per heavy atom. The Morgan fingerprint density at radius 1 is 1.46 bits per heavy atom. The van der Waals surface area contributed by atoms with Gasteiger partial charge in [0.05, 0.1) is 0 Å². The van der Waals surface area contributed by atoms with Crippen LogP contribution in [-0.2, 0) is 0 Å². The fraction of sp³-hybridized carbons (Fsp3) is 0.818. The van der Waals surface area contributed by atoms with E-state index in [0.717, 1.165) is 18.6 Å². The normalized spacial score (nSPS) is 14.2. The van der Waals surface area contributed by atoms with Gasteiger partial charge in [0.2, 0.25) is 0 Å². The van der Waals surface area contributed by atoms with Gasteiger partial charge in [0.1, 0.15) is 0 Å². The standard InChI is InChI=1S/C11H23NS/c1-6-9(2)7-10(12)8-13-11(3,4)5/h10H,2,6-8,12H2,1,3-5H3. The lowest BCUT2D eigenvalue weighted by Crippen LogP contribution is -2.25. The van der Waals surface area contributed by atoms with Gasteiger partial charge in [0, 0.05) is 16.5 Å². The zero-order chi connectivity index (χ0) is 10.5. The van der Waals surface area contributed by atoms with Gasteiger partial charge >= 0.3 is 0 Å². The molecule has 0 fully saturated rings. The number of hydrogen-bond acceptors (Lipinski definition) is 2. The highest BCUT2D eigenvalue weighted by Crippen LogP contribution is 2.24. The Labute approximate surface area is 87.2 Å². The van der Waals surface area contributed by atoms with Crippen LogP contribution in [0.5, 0.6) is 0 Å². The van der Waals surface area contributed by atoms with E-state index >= 15 is 0 Å². The van der Waals surface area contributed by atoms with Crippen LogP contribution < -0.4 is 5.73 Å². The SMILES string of the molecule is C=C(CC)CC(N)CSC(C)(C)C. The molecule has 0 radical (unpaired) electrons. The molecule has 0 amide bonds. The van der Waals surface area contributed by atoms with Crippen molar-refractivity contribution in [3.05, 3.63) is 12.2 Å². The van der Waals surface area contributed by atoms with Crippen LogP contribution in [0.3, 0.4) is 0 Å². The fourth-order valence-corrected chi connectivity index (χ4v) is 1.76. The van der Waals surface area contributed by atoms with Crippen molar-refractivity contribution < 1.29 is 0 Å². The highest BCUT2D eigenvalue weighted by molar-refractivity contribution is 8.00. The number of thioether (sulfide) groups is 1. The highest BCUT2D eigenvalue weighted by Gasteiger charge is 2.13. The maximum atomic E-state index is 5.98. The molecule has 2 N–H and O–H groups in total. The largest absolute Gasteiger partial charge is 0.327 e. The lowest BCUT2D eigenvalue weighted by atomic mass is 10.1. The van der Waals surface area contributed by atoms with Gasteiger partial charge in [0.15, 0.2) is 0 Å². The third-order valence-corrected chi connectivity index (χ3v) is 3.24. The average molecular weight is 201 g/mol. The number of nitrogens with two attached hydrogens (primary N) is 1. The quantitative estimate of drug-likeness (QED) is 0.691. The molecule has 0 aromatic rings. The maximum Gasteiger partial charge on any atom is 0.0168 e. The first kappa shape index (κ1) is 13.1. The molecule has 0 bridgehead atoms. The van der Waals surface area contributed by atoms with E-state index in [1.54, 1.807) is 0 Å². The summed E-state index contributed by atoms with van der Waals surface area (Å²) in [4.78, 5) is 0. The van der Waals surface area contributed by atoms with E-state index in [1.165, 1.54) is 5.57 Å². The third kappa shape index (κ3) is 8.38. The van der Waals surface area contributed by atoms with Gasteiger partial charge in [-0.05, 0) is 12.8 Å². The lowest BCUT2D eigenvalue weighted by Gasteiger charge is -2.20. The summed E-state index contributed by atoms with van der Waals surface area (Å²) in [6, 6.07) is 0.275. The second-order valence-electron chi connectivity index (χ2n) is 4.49. The van der Waals surface area contributed by atoms with Gasteiger partial charge < -0.3 is 5.73 Å². The van der Waals surface area contributed by atoms with E-state index in [4.69, 9.17) is 5.73 Å². The van der Waals surface area contributed by atoms with E-state index in [-0.39, 0.29) is 6.04 Å². The van der Waals surface area contributed by atoms with Crippen LogP contribution in [0.15, 0.2) is 12.2 Å². The van der Waals surface area contributed by atoms with E-state index in [1.807, 2.05) is 11.8 Å². The number of rotatable bonds is 5. The second-order valence-corrected chi connectivity index (χ2v) is 6.34. The smallest absolute Gasteiger partial charge is 0.0168 e. The molecule has 0 aliphatic rings. The molecule has 1 atom stereocenters. The molecule has 78 valence electrons. The summed E-state index contributed by atoms with van der Waals surface area (Å²) in [7, 11) is 0. The topological polar surface area (TPSA) is 26.0 Å². The van der Waals surface area contributed by atoms with Gasteiger partial charge in [-0.15, -0.1) is 0 Å². The average Bonchev–Trinajstić information content (AvgIpc) is 1.99. The zero-order valence-electron chi connectivity index (χ0n) is 9.39. The molecule has 0 saturated carbocycles. The van der Waals surface area contributed by atoms with Crippen LogP contribution in [0.2, 0.25) is 0 Å². The third-order valence-electron chi connectivity index (χ3n) is 1.78. The molecule has 1 nitrogen and oxygen atoms in total. The van der Waals surface area contributed by atoms with Gasteiger partial charge in [-0.2, -0.15) is 11.8 Å². The van der Waals surface area contributed by atoms with Crippen LogP contribution in [0, 0.1) is 0 Å². The molecule has 0 aliphatic heterocycles. The maximum absolute atomic E-state index is 5.98. The van der Waals surface area contributed by atoms with E-state index < -0.39 is 0 Å². The van der Waals surface area contributed by atoms with Crippen molar-refractivity contribution in [2.75, 3.05) is 5.75 Å². The summed E-state index contributed by atoms with van der Waals surface area (Å²) < 4.78 is 0.325. The van der Waals surface area contributed by atoms with Crippen molar-refractivity contribution in [1.82, 2.24) is 0 Å². The van der Waals surface area contributed by atoms with Crippen LogP contribution in [0.25, 0.3) is 0 Å². The monoisotopic (exact) mass is 201 g/mol. The predicted octanol–water partition coefficient (Wildman–Crippen LogP) is 3.20. The molecule has 0 aromatic heterocycles. The van der Waals surface area contributed by atoms with Gasteiger partial charge in [0.25, 0.3) is 0 Å². The lowest BCUT2D eigenvalue weighted by molar-refractivity contribution is 0.716. The molecule has 0 spiro atoms. The van der Waals surface area contributed by atoms with Gasteiger partial charge in [-0.25, -0.2) is 0 Å². The minimum Gasteiger partial charge on any atom is -0.327 e. The molecule has 13 heavy (non-hydrogen) atoms. The Balaban J connectivity index is 3.63. The summed E-state index contributed by atoms with van der Waals surface area (Å²) in [5.41, 5.74) is 7.24. The van der Waals surface area contributed by atoms with Crippen molar-refractivity contribution in [3.8, 4) is 0 Å². The molecule has 2 heteroatoms. The highest BCUT2D eigenvalue weighted by atomic mass is 32.2. The first-order valence-corrected chi connectivity index (χ1v) is 5.90.